The first kappa shape index (κ1) is 13.4. The Morgan fingerprint density at radius 1 is 1.24 bits per heavy atom. The van der Waals surface area contributed by atoms with Gasteiger partial charge in [0.05, 0.1) is 0 Å². The number of benzene rings is 1. The van der Waals surface area contributed by atoms with Gasteiger partial charge in [0.25, 0.3) is 0 Å². The number of nitrogens with two attached hydrogens (primary N) is 2. The molecule has 1 atom stereocenters. The maximum atomic E-state index is 11.2. The Balaban J connectivity index is 2.80. The third kappa shape index (κ3) is 3.71. The molecule has 92 valence electrons. The van der Waals surface area contributed by atoms with E-state index in [1.54, 1.807) is 0 Å². The first-order valence-corrected chi connectivity index (χ1v) is 5.78. The summed E-state index contributed by atoms with van der Waals surface area (Å²) in [4.78, 5) is 11.6. The normalized spacial score (nSPS) is 12.2. The Labute approximate surface area is 106 Å². The van der Waals surface area contributed by atoms with Crippen LogP contribution in [-0.2, 0) is 4.79 Å². The van der Waals surface area contributed by atoms with Crippen LogP contribution in [0.1, 0.15) is 19.4 Å². The number of thiocarbonyl (C=S) groups is 1. The summed E-state index contributed by atoms with van der Waals surface area (Å²) in [6.07, 6.45) is 0. The summed E-state index contributed by atoms with van der Waals surface area (Å²) in [7, 11) is 0. The van der Waals surface area contributed by atoms with Crippen LogP contribution in [0, 0.1) is 5.92 Å². The Kier molecular flexibility index (Phi) is 4.45. The van der Waals surface area contributed by atoms with Gasteiger partial charge in [-0.3, -0.25) is 4.79 Å². The van der Waals surface area contributed by atoms with Gasteiger partial charge in [-0.15, -0.1) is 0 Å². The van der Waals surface area contributed by atoms with E-state index in [4.69, 9.17) is 23.7 Å². The highest BCUT2D eigenvalue weighted by Gasteiger charge is 2.18. The summed E-state index contributed by atoms with van der Waals surface area (Å²) >= 11 is 4.86. The van der Waals surface area contributed by atoms with E-state index in [9.17, 15) is 4.79 Å². The Hall–Kier alpha value is -1.62. The quantitative estimate of drug-likeness (QED) is 0.688. The first-order valence-electron chi connectivity index (χ1n) is 5.37. The number of amides is 1. The van der Waals surface area contributed by atoms with E-state index >= 15 is 0 Å². The SMILES string of the molecule is CC(C)C(Nc1ccc(C(N)=S)cc1)C(N)=O. The van der Waals surface area contributed by atoms with E-state index in [1.807, 2.05) is 38.1 Å². The number of anilines is 1. The van der Waals surface area contributed by atoms with Crippen molar-refractivity contribution in [2.24, 2.45) is 17.4 Å². The second-order valence-corrected chi connectivity index (χ2v) is 4.65. The van der Waals surface area contributed by atoms with Crippen LogP contribution in [0.15, 0.2) is 24.3 Å². The van der Waals surface area contributed by atoms with E-state index in [0.29, 0.717) is 4.99 Å². The number of primary amides is 1. The van der Waals surface area contributed by atoms with Crippen LogP contribution >= 0.6 is 12.2 Å². The molecule has 1 aromatic carbocycles. The molecule has 0 spiro atoms. The van der Waals surface area contributed by atoms with Crippen molar-refractivity contribution in [3.63, 3.8) is 0 Å². The van der Waals surface area contributed by atoms with Crippen molar-refractivity contribution in [1.29, 1.82) is 0 Å². The summed E-state index contributed by atoms with van der Waals surface area (Å²) in [6, 6.07) is 6.89. The molecular formula is C12H17N3OS. The van der Waals surface area contributed by atoms with Crippen LogP contribution in [0.2, 0.25) is 0 Å². The predicted octanol–water partition coefficient (Wildman–Crippen LogP) is 1.24. The minimum atomic E-state index is -0.384. The van der Waals surface area contributed by atoms with Gasteiger partial charge in [-0.1, -0.05) is 26.1 Å². The number of hydrogen-bond acceptors (Lipinski definition) is 3. The number of rotatable bonds is 5. The average molecular weight is 251 g/mol. The van der Waals surface area contributed by atoms with Crippen molar-refractivity contribution < 1.29 is 4.79 Å². The van der Waals surface area contributed by atoms with Crippen LogP contribution in [0.3, 0.4) is 0 Å². The van der Waals surface area contributed by atoms with E-state index in [0.717, 1.165) is 11.3 Å². The van der Waals surface area contributed by atoms with Crippen molar-refractivity contribution in [2.45, 2.75) is 19.9 Å². The van der Waals surface area contributed by atoms with Crippen molar-refractivity contribution in [3.8, 4) is 0 Å². The Morgan fingerprint density at radius 2 is 1.76 bits per heavy atom. The standard InChI is InChI=1S/C12H17N3OS/c1-7(2)10(11(13)16)15-9-5-3-8(4-6-9)12(14)17/h3-7,10,15H,1-2H3,(H2,13,16)(H2,14,17). The smallest absolute Gasteiger partial charge is 0.240 e. The van der Waals surface area contributed by atoms with Crippen LogP contribution in [-0.4, -0.2) is 16.9 Å². The molecular weight excluding hydrogens is 234 g/mol. The first-order chi connectivity index (χ1) is 7.91. The number of carbonyl (C=O) groups is 1. The Morgan fingerprint density at radius 3 is 2.12 bits per heavy atom. The molecule has 0 aliphatic carbocycles. The highest BCUT2D eigenvalue weighted by molar-refractivity contribution is 7.80. The highest BCUT2D eigenvalue weighted by atomic mass is 32.1. The van der Waals surface area contributed by atoms with Crippen LogP contribution in [0.5, 0.6) is 0 Å². The minimum Gasteiger partial charge on any atom is -0.389 e. The summed E-state index contributed by atoms with van der Waals surface area (Å²) in [6.45, 7) is 3.87. The topological polar surface area (TPSA) is 81.1 Å². The zero-order chi connectivity index (χ0) is 13.0. The fourth-order valence-corrected chi connectivity index (χ4v) is 1.61. The molecule has 1 aromatic rings. The number of hydrogen-bond donors (Lipinski definition) is 3. The fourth-order valence-electron chi connectivity index (χ4n) is 1.48. The minimum absolute atomic E-state index is 0.128. The third-order valence-corrected chi connectivity index (χ3v) is 2.70. The molecule has 0 aliphatic rings. The molecule has 5 N–H and O–H groups in total. The molecule has 4 nitrogen and oxygen atoms in total. The maximum Gasteiger partial charge on any atom is 0.240 e. The summed E-state index contributed by atoms with van der Waals surface area (Å²) in [5, 5.41) is 3.09. The predicted molar refractivity (Wildman–Crippen MR) is 73.8 cm³/mol. The summed E-state index contributed by atoms with van der Waals surface area (Å²) in [5.41, 5.74) is 12.4. The molecule has 0 aliphatic heterocycles. The van der Waals surface area contributed by atoms with Gasteiger partial charge < -0.3 is 16.8 Å². The van der Waals surface area contributed by atoms with Crippen LogP contribution in [0.4, 0.5) is 5.69 Å². The van der Waals surface area contributed by atoms with Crippen molar-refractivity contribution in [1.82, 2.24) is 0 Å². The second kappa shape index (κ2) is 5.63. The largest absolute Gasteiger partial charge is 0.389 e. The van der Waals surface area contributed by atoms with Crippen LogP contribution < -0.4 is 16.8 Å². The van der Waals surface area contributed by atoms with Crippen molar-refractivity contribution in [3.05, 3.63) is 29.8 Å². The third-order valence-electron chi connectivity index (χ3n) is 2.46. The molecule has 0 saturated carbocycles. The van der Waals surface area contributed by atoms with Gasteiger partial charge >= 0.3 is 0 Å². The molecule has 1 unspecified atom stereocenters. The van der Waals surface area contributed by atoms with Gasteiger partial charge in [0, 0.05) is 11.3 Å². The zero-order valence-electron chi connectivity index (χ0n) is 9.94. The van der Waals surface area contributed by atoms with Crippen molar-refractivity contribution >= 4 is 28.8 Å². The Bertz CT molecular complexity index is 414. The molecule has 0 saturated heterocycles. The number of nitrogens with one attached hydrogen (secondary N) is 1. The lowest BCUT2D eigenvalue weighted by Crippen LogP contribution is -2.39. The highest BCUT2D eigenvalue weighted by Crippen LogP contribution is 2.14. The average Bonchev–Trinajstić information content (AvgIpc) is 2.25. The van der Waals surface area contributed by atoms with Gasteiger partial charge in [0.1, 0.15) is 11.0 Å². The van der Waals surface area contributed by atoms with E-state index in [2.05, 4.69) is 5.32 Å². The lowest BCUT2D eigenvalue weighted by Gasteiger charge is -2.20. The molecule has 0 radical (unpaired) electrons. The summed E-state index contributed by atoms with van der Waals surface area (Å²) in [5.74, 6) is -0.235. The second-order valence-electron chi connectivity index (χ2n) is 4.21. The lowest BCUT2D eigenvalue weighted by molar-refractivity contribution is -0.119. The lowest BCUT2D eigenvalue weighted by atomic mass is 10.0. The van der Waals surface area contributed by atoms with Gasteiger partial charge in [-0.05, 0) is 30.2 Å². The molecule has 5 heteroatoms. The van der Waals surface area contributed by atoms with Crippen LogP contribution in [0.25, 0.3) is 0 Å². The maximum absolute atomic E-state index is 11.2. The van der Waals surface area contributed by atoms with Gasteiger partial charge in [-0.25, -0.2) is 0 Å². The molecule has 0 heterocycles. The molecule has 1 amide bonds. The van der Waals surface area contributed by atoms with Gasteiger partial charge in [-0.2, -0.15) is 0 Å². The van der Waals surface area contributed by atoms with Gasteiger partial charge in [0.2, 0.25) is 5.91 Å². The molecule has 17 heavy (non-hydrogen) atoms. The van der Waals surface area contributed by atoms with E-state index in [-0.39, 0.29) is 17.9 Å². The molecule has 1 rings (SSSR count). The van der Waals surface area contributed by atoms with E-state index in [1.165, 1.54) is 0 Å². The van der Waals surface area contributed by atoms with E-state index < -0.39 is 0 Å². The summed E-state index contributed by atoms with van der Waals surface area (Å²) < 4.78 is 0. The monoisotopic (exact) mass is 251 g/mol. The molecule has 0 fully saturated rings. The van der Waals surface area contributed by atoms with Crippen molar-refractivity contribution in [2.75, 3.05) is 5.32 Å². The molecule has 0 aromatic heterocycles. The zero-order valence-corrected chi connectivity index (χ0v) is 10.8. The number of carbonyl (C=O) groups excluding carboxylic acids is 1. The fraction of sp³-hybridized carbons (Fsp3) is 0.333. The molecule has 0 bridgehead atoms. The van der Waals surface area contributed by atoms with Gasteiger partial charge in [0.15, 0.2) is 0 Å².